The maximum absolute atomic E-state index is 12.1. The highest BCUT2D eigenvalue weighted by Gasteiger charge is 2.28. The average molecular weight is 362 g/mol. The fourth-order valence-corrected chi connectivity index (χ4v) is 3.33. The molecule has 144 valence electrons. The third-order valence-electron chi connectivity index (χ3n) is 4.89. The first-order valence-electron chi connectivity index (χ1n) is 9.56. The van der Waals surface area contributed by atoms with Crippen molar-refractivity contribution in [2.24, 2.45) is 5.92 Å². The molecule has 26 heavy (non-hydrogen) atoms. The number of quaternary nitrogens is 1. The minimum absolute atomic E-state index is 0.176. The predicted octanol–water partition coefficient (Wildman–Crippen LogP) is 0.361. The highest BCUT2D eigenvalue weighted by atomic mass is 16.2. The number of rotatable bonds is 7. The van der Waals surface area contributed by atoms with Crippen molar-refractivity contribution in [1.82, 2.24) is 10.6 Å². The van der Waals surface area contributed by atoms with Crippen molar-refractivity contribution in [3.63, 3.8) is 0 Å². The number of nitrogens with zero attached hydrogens (tertiary/aromatic N) is 1. The van der Waals surface area contributed by atoms with Crippen LogP contribution in [0.3, 0.4) is 0 Å². The second kappa shape index (κ2) is 9.57. The van der Waals surface area contributed by atoms with E-state index < -0.39 is 11.8 Å². The van der Waals surface area contributed by atoms with Crippen molar-refractivity contribution in [2.75, 3.05) is 45.2 Å². The molecule has 6 nitrogen and oxygen atoms in total. The second-order valence-corrected chi connectivity index (χ2v) is 7.72. The minimum Gasteiger partial charge on any atom is -0.378 e. The molecule has 1 saturated heterocycles. The summed E-state index contributed by atoms with van der Waals surface area (Å²) in [5.74, 6) is -0.764. The summed E-state index contributed by atoms with van der Waals surface area (Å²) in [6, 6.07) is 8.66. The molecule has 1 aliphatic rings. The summed E-state index contributed by atoms with van der Waals surface area (Å²) in [4.78, 5) is 27.6. The second-order valence-electron chi connectivity index (χ2n) is 7.72. The molecule has 2 rings (SSSR count). The Balaban J connectivity index is 2.01. The summed E-state index contributed by atoms with van der Waals surface area (Å²) < 4.78 is 0. The van der Waals surface area contributed by atoms with E-state index in [2.05, 4.69) is 39.8 Å². The van der Waals surface area contributed by atoms with Gasteiger partial charge in [0.25, 0.3) is 0 Å². The zero-order valence-corrected chi connectivity index (χ0v) is 16.5. The Hall–Kier alpha value is -2.08. The Morgan fingerprint density at radius 1 is 1.00 bits per heavy atom. The van der Waals surface area contributed by atoms with Crippen LogP contribution >= 0.6 is 0 Å². The average Bonchev–Trinajstić information content (AvgIpc) is 3.14. The zero-order chi connectivity index (χ0) is 19.1. The van der Waals surface area contributed by atoms with E-state index in [-0.39, 0.29) is 6.04 Å². The van der Waals surface area contributed by atoms with Gasteiger partial charge in [-0.2, -0.15) is 0 Å². The first-order chi connectivity index (χ1) is 12.4. The molecule has 1 fully saturated rings. The van der Waals surface area contributed by atoms with Gasteiger partial charge >= 0.3 is 11.8 Å². The Kier molecular flexibility index (Phi) is 7.45. The molecule has 1 aromatic rings. The highest BCUT2D eigenvalue weighted by molar-refractivity contribution is 6.35. The van der Waals surface area contributed by atoms with Crippen LogP contribution in [0, 0.1) is 5.92 Å². The Labute approximate surface area is 156 Å². The molecule has 0 spiro atoms. The van der Waals surface area contributed by atoms with Crippen LogP contribution in [0.4, 0.5) is 5.69 Å². The van der Waals surface area contributed by atoms with Crippen LogP contribution in [-0.2, 0) is 9.59 Å². The Morgan fingerprint density at radius 2 is 1.54 bits per heavy atom. The van der Waals surface area contributed by atoms with Gasteiger partial charge in [0.05, 0.1) is 19.6 Å². The van der Waals surface area contributed by atoms with Crippen LogP contribution in [0.1, 0.15) is 38.3 Å². The van der Waals surface area contributed by atoms with Gasteiger partial charge < -0.3 is 20.4 Å². The molecule has 1 heterocycles. The summed E-state index contributed by atoms with van der Waals surface area (Å²) >= 11 is 0. The van der Waals surface area contributed by atoms with Gasteiger partial charge in [-0.3, -0.25) is 9.59 Å². The third-order valence-corrected chi connectivity index (χ3v) is 4.89. The van der Waals surface area contributed by atoms with E-state index in [9.17, 15) is 9.59 Å². The molecule has 2 amide bonds. The smallest absolute Gasteiger partial charge is 0.309 e. The number of likely N-dealkylation sites (tertiary alicyclic amines) is 1. The van der Waals surface area contributed by atoms with Crippen LogP contribution in [-0.4, -0.2) is 52.1 Å². The quantitative estimate of drug-likeness (QED) is 0.615. The summed E-state index contributed by atoms with van der Waals surface area (Å²) in [6.07, 6.45) is 2.43. The number of hydrogen-bond acceptors (Lipinski definition) is 3. The van der Waals surface area contributed by atoms with Crippen molar-refractivity contribution in [3.05, 3.63) is 29.8 Å². The molecule has 1 aromatic carbocycles. The van der Waals surface area contributed by atoms with Crippen LogP contribution in [0.2, 0.25) is 0 Å². The molecule has 0 unspecified atom stereocenters. The molecule has 1 atom stereocenters. The number of benzene rings is 1. The van der Waals surface area contributed by atoms with Gasteiger partial charge in [0.2, 0.25) is 0 Å². The van der Waals surface area contributed by atoms with E-state index in [4.69, 9.17) is 0 Å². The summed E-state index contributed by atoms with van der Waals surface area (Å²) in [5.41, 5.74) is 2.36. The van der Waals surface area contributed by atoms with Gasteiger partial charge in [-0.1, -0.05) is 26.0 Å². The van der Waals surface area contributed by atoms with Crippen molar-refractivity contribution in [1.29, 1.82) is 0 Å². The van der Waals surface area contributed by atoms with Crippen LogP contribution in [0.15, 0.2) is 24.3 Å². The van der Waals surface area contributed by atoms with Gasteiger partial charge in [-0.15, -0.1) is 0 Å². The van der Waals surface area contributed by atoms with E-state index in [0.29, 0.717) is 19.0 Å². The molecule has 0 saturated carbocycles. The van der Waals surface area contributed by atoms with Gasteiger partial charge in [-0.25, -0.2) is 0 Å². The molecule has 3 N–H and O–H groups in total. The minimum atomic E-state index is -0.545. The van der Waals surface area contributed by atoms with Crippen LogP contribution in [0.5, 0.6) is 0 Å². The largest absolute Gasteiger partial charge is 0.378 e. The predicted molar refractivity (Wildman–Crippen MR) is 104 cm³/mol. The number of carbonyl (C=O) groups is 2. The summed E-state index contributed by atoms with van der Waals surface area (Å²) in [5, 5.41) is 5.51. The summed E-state index contributed by atoms with van der Waals surface area (Å²) in [7, 11) is 4.04. The third kappa shape index (κ3) is 5.73. The number of hydrogen-bond donors (Lipinski definition) is 3. The van der Waals surface area contributed by atoms with E-state index in [1.165, 1.54) is 23.3 Å². The van der Waals surface area contributed by atoms with E-state index in [1.807, 2.05) is 27.9 Å². The first kappa shape index (κ1) is 20.2. The molecule has 0 aliphatic carbocycles. The van der Waals surface area contributed by atoms with Gasteiger partial charge in [0.1, 0.15) is 6.04 Å². The monoisotopic (exact) mass is 361 g/mol. The standard InChI is InChI=1S/C20H32N4O2/c1-15(2)13-21-19(25)20(26)22-14-18(24-11-5-6-12-24)16-7-9-17(10-8-16)23(3)4/h7-10,15,18H,5-6,11-14H2,1-4H3,(H,21,25)(H,22,26)/p+1/t18-/m0/s1. The first-order valence-corrected chi connectivity index (χ1v) is 9.56. The molecule has 0 radical (unpaired) electrons. The van der Waals surface area contributed by atoms with E-state index in [1.54, 1.807) is 0 Å². The molecular formula is C20H33N4O2+. The highest BCUT2D eigenvalue weighted by Crippen LogP contribution is 2.17. The zero-order valence-electron chi connectivity index (χ0n) is 16.5. The molecule has 1 aliphatic heterocycles. The van der Waals surface area contributed by atoms with E-state index >= 15 is 0 Å². The van der Waals surface area contributed by atoms with Crippen LogP contribution < -0.4 is 20.4 Å². The van der Waals surface area contributed by atoms with Crippen molar-refractivity contribution >= 4 is 17.5 Å². The number of amides is 2. The number of carbonyl (C=O) groups excluding carboxylic acids is 2. The lowest BCUT2D eigenvalue weighted by Crippen LogP contribution is -3.11. The van der Waals surface area contributed by atoms with Crippen LogP contribution in [0.25, 0.3) is 0 Å². The van der Waals surface area contributed by atoms with Crippen molar-refractivity contribution in [3.8, 4) is 0 Å². The van der Waals surface area contributed by atoms with Gasteiger partial charge in [0.15, 0.2) is 0 Å². The van der Waals surface area contributed by atoms with Gasteiger partial charge in [0, 0.05) is 44.7 Å². The van der Waals surface area contributed by atoms with Gasteiger partial charge in [-0.05, 0) is 18.1 Å². The van der Waals surface area contributed by atoms with Crippen molar-refractivity contribution < 1.29 is 14.5 Å². The lowest BCUT2D eigenvalue weighted by atomic mass is 10.0. The van der Waals surface area contributed by atoms with E-state index in [0.717, 1.165) is 18.8 Å². The maximum Gasteiger partial charge on any atom is 0.309 e. The normalized spacial score (nSPS) is 15.7. The molecule has 0 bridgehead atoms. The molecular weight excluding hydrogens is 328 g/mol. The summed E-state index contributed by atoms with van der Waals surface area (Å²) in [6.45, 7) is 7.21. The SMILES string of the molecule is CC(C)CNC(=O)C(=O)NC[C@@H](c1ccc(N(C)C)cc1)[NH+]1CCCC1. The topological polar surface area (TPSA) is 65.9 Å². The molecule has 6 heteroatoms. The molecule has 0 aromatic heterocycles. The maximum atomic E-state index is 12.1. The number of nitrogens with one attached hydrogen (secondary N) is 3. The fraction of sp³-hybridized carbons (Fsp3) is 0.600. The van der Waals surface area contributed by atoms with Crippen molar-refractivity contribution in [2.45, 2.75) is 32.7 Å². The Bertz CT molecular complexity index is 592. The Morgan fingerprint density at radius 3 is 2.04 bits per heavy atom. The number of anilines is 1. The lowest BCUT2D eigenvalue weighted by Gasteiger charge is -2.25. The fourth-order valence-electron chi connectivity index (χ4n) is 3.33. The lowest BCUT2D eigenvalue weighted by molar-refractivity contribution is -0.918.